The summed E-state index contributed by atoms with van der Waals surface area (Å²) in [4.78, 5) is 2.48. The first kappa shape index (κ1) is 15.3. The number of nitrogens with one attached hydrogen (secondary N) is 1. The van der Waals surface area contributed by atoms with Crippen LogP contribution in [0.5, 0.6) is 0 Å². The van der Waals surface area contributed by atoms with E-state index in [9.17, 15) is 5.11 Å². The Morgan fingerprint density at radius 1 is 1.29 bits per heavy atom. The van der Waals surface area contributed by atoms with Crippen LogP contribution < -0.4 is 10.2 Å². The van der Waals surface area contributed by atoms with Crippen molar-refractivity contribution in [3.05, 3.63) is 28.2 Å². The van der Waals surface area contributed by atoms with E-state index in [2.05, 4.69) is 44.3 Å². The zero-order valence-corrected chi connectivity index (χ0v) is 14.3. The lowest BCUT2D eigenvalue weighted by Gasteiger charge is -2.36. The van der Waals surface area contributed by atoms with E-state index < -0.39 is 0 Å². The molecule has 3 rings (SSSR count). The lowest BCUT2D eigenvalue weighted by Crippen LogP contribution is -2.37. The summed E-state index contributed by atoms with van der Waals surface area (Å²) in [7, 11) is 0. The maximum atomic E-state index is 9.75. The minimum absolute atomic E-state index is 0.175. The number of rotatable bonds is 5. The van der Waals surface area contributed by atoms with E-state index in [4.69, 9.17) is 0 Å². The standard InChI is InChI=1S/C17H25BrN2O/c1-12(21)13-6-8-20(9-7-13)17-10-15(18)3-2-14(17)11-19-16-4-5-16/h2-3,10,12-13,16,19,21H,4-9,11H2,1H3. The Kier molecular flexibility index (Phi) is 4.87. The number of hydrogen-bond donors (Lipinski definition) is 2. The third-order valence-electron chi connectivity index (χ3n) is 4.77. The Morgan fingerprint density at radius 2 is 2.00 bits per heavy atom. The number of aliphatic hydroxyl groups is 1. The van der Waals surface area contributed by atoms with Gasteiger partial charge in [-0.2, -0.15) is 0 Å². The lowest BCUT2D eigenvalue weighted by molar-refractivity contribution is 0.110. The zero-order valence-electron chi connectivity index (χ0n) is 12.7. The molecule has 21 heavy (non-hydrogen) atoms. The second-order valence-electron chi connectivity index (χ2n) is 6.49. The fraction of sp³-hybridized carbons (Fsp3) is 0.647. The van der Waals surface area contributed by atoms with Crippen molar-refractivity contribution >= 4 is 21.6 Å². The van der Waals surface area contributed by atoms with Crippen molar-refractivity contribution in [1.82, 2.24) is 5.32 Å². The Morgan fingerprint density at radius 3 is 2.62 bits per heavy atom. The molecule has 2 fully saturated rings. The molecule has 0 bridgehead atoms. The van der Waals surface area contributed by atoms with Gasteiger partial charge in [0, 0.05) is 35.8 Å². The van der Waals surface area contributed by atoms with Crippen molar-refractivity contribution in [2.24, 2.45) is 5.92 Å². The minimum atomic E-state index is -0.175. The van der Waals surface area contributed by atoms with E-state index in [-0.39, 0.29) is 6.10 Å². The van der Waals surface area contributed by atoms with E-state index in [0.717, 1.165) is 43.0 Å². The van der Waals surface area contributed by atoms with Crippen LogP contribution in [0, 0.1) is 5.92 Å². The molecule has 1 saturated carbocycles. The monoisotopic (exact) mass is 352 g/mol. The molecule has 1 aliphatic carbocycles. The van der Waals surface area contributed by atoms with Crippen molar-refractivity contribution in [3.8, 4) is 0 Å². The number of hydrogen-bond acceptors (Lipinski definition) is 3. The van der Waals surface area contributed by atoms with E-state index >= 15 is 0 Å². The van der Waals surface area contributed by atoms with Crippen molar-refractivity contribution in [3.63, 3.8) is 0 Å². The van der Waals surface area contributed by atoms with Crippen LogP contribution in [0.3, 0.4) is 0 Å². The smallest absolute Gasteiger partial charge is 0.0541 e. The minimum Gasteiger partial charge on any atom is -0.393 e. The number of piperidine rings is 1. The first-order valence-electron chi connectivity index (χ1n) is 8.08. The fourth-order valence-electron chi connectivity index (χ4n) is 3.15. The quantitative estimate of drug-likeness (QED) is 0.853. The zero-order chi connectivity index (χ0) is 14.8. The molecule has 0 aromatic heterocycles. The summed E-state index contributed by atoms with van der Waals surface area (Å²) < 4.78 is 1.14. The van der Waals surface area contributed by atoms with Crippen molar-refractivity contribution in [2.45, 2.75) is 51.3 Å². The predicted molar refractivity (Wildman–Crippen MR) is 90.6 cm³/mol. The van der Waals surface area contributed by atoms with Gasteiger partial charge in [0.05, 0.1) is 6.10 Å². The van der Waals surface area contributed by atoms with Gasteiger partial charge in [-0.25, -0.2) is 0 Å². The molecule has 0 radical (unpaired) electrons. The number of nitrogens with zero attached hydrogens (tertiary/aromatic N) is 1. The van der Waals surface area contributed by atoms with Gasteiger partial charge < -0.3 is 15.3 Å². The second-order valence-corrected chi connectivity index (χ2v) is 7.41. The summed E-state index contributed by atoms with van der Waals surface area (Å²) >= 11 is 3.60. The topological polar surface area (TPSA) is 35.5 Å². The number of benzene rings is 1. The van der Waals surface area contributed by atoms with E-state index in [1.165, 1.54) is 24.1 Å². The lowest BCUT2D eigenvalue weighted by atomic mass is 9.91. The molecule has 0 amide bonds. The third-order valence-corrected chi connectivity index (χ3v) is 5.26. The highest BCUT2D eigenvalue weighted by molar-refractivity contribution is 9.10. The van der Waals surface area contributed by atoms with Crippen molar-refractivity contribution < 1.29 is 5.11 Å². The highest BCUT2D eigenvalue weighted by Gasteiger charge is 2.25. The van der Waals surface area contributed by atoms with E-state index in [1.807, 2.05) is 6.92 Å². The Bertz CT molecular complexity index is 480. The van der Waals surface area contributed by atoms with Crippen molar-refractivity contribution in [1.29, 1.82) is 0 Å². The van der Waals surface area contributed by atoms with Gasteiger partial charge in [0.15, 0.2) is 0 Å². The van der Waals surface area contributed by atoms with Crippen LogP contribution in [0.1, 0.15) is 38.2 Å². The van der Waals surface area contributed by atoms with Crippen LogP contribution in [0.2, 0.25) is 0 Å². The van der Waals surface area contributed by atoms with Gasteiger partial charge in [-0.3, -0.25) is 0 Å². The SMILES string of the molecule is CC(O)C1CCN(c2cc(Br)ccc2CNC2CC2)CC1. The maximum Gasteiger partial charge on any atom is 0.0541 e. The number of halogens is 1. The largest absolute Gasteiger partial charge is 0.393 e. The third kappa shape index (κ3) is 3.99. The van der Waals surface area contributed by atoms with Gasteiger partial charge in [0.25, 0.3) is 0 Å². The van der Waals surface area contributed by atoms with Gasteiger partial charge in [-0.1, -0.05) is 22.0 Å². The average Bonchev–Trinajstić information content (AvgIpc) is 3.30. The molecule has 0 spiro atoms. The van der Waals surface area contributed by atoms with Crippen LogP contribution in [0.4, 0.5) is 5.69 Å². The molecular weight excluding hydrogens is 328 g/mol. The second kappa shape index (κ2) is 6.67. The average molecular weight is 353 g/mol. The van der Waals surface area contributed by atoms with Gasteiger partial charge >= 0.3 is 0 Å². The molecule has 1 saturated heterocycles. The van der Waals surface area contributed by atoms with Crippen LogP contribution in [0.15, 0.2) is 22.7 Å². The highest BCUT2D eigenvalue weighted by atomic mass is 79.9. The van der Waals surface area contributed by atoms with Crippen molar-refractivity contribution in [2.75, 3.05) is 18.0 Å². The summed E-state index contributed by atoms with van der Waals surface area (Å²) in [5.74, 6) is 0.460. The van der Waals surface area contributed by atoms with Gasteiger partial charge in [0.2, 0.25) is 0 Å². The molecule has 2 aliphatic rings. The highest BCUT2D eigenvalue weighted by Crippen LogP contribution is 2.31. The Labute approximate surface area is 135 Å². The predicted octanol–water partition coefficient (Wildman–Crippen LogP) is 3.30. The summed E-state index contributed by atoms with van der Waals surface area (Å²) in [6, 6.07) is 7.35. The normalized spacial score (nSPS) is 21.6. The Hall–Kier alpha value is -0.580. The van der Waals surface area contributed by atoms with Gasteiger partial charge in [0.1, 0.15) is 0 Å². The first-order valence-corrected chi connectivity index (χ1v) is 8.87. The Balaban J connectivity index is 1.69. The van der Waals surface area contributed by atoms with Crippen LogP contribution >= 0.6 is 15.9 Å². The molecule has 1 aliphatic heterocycles. The van der Waals surface area contributed by atoms with E-state index in [1.54, 1.807) is 0 Å². The summed E-state index contributed by atoms with van der Waals surface area (Å²) in [6.45, 7) is 4.97. The molecule has 1 unspecified atom stereocenters. The molecule has 4 heteroatoms. The summed E-state index contributed by atoms with van der Waals surface area (Å²) in [5, 5.41) is 13.4. The molecule has 2 N–H and O–H groups in total. The molecule has 1 heterocycles. The molecule has 116 valence electrons. The number of aliphatic hydroxyl groups excluding tert-OH is 1. The maximum absolute atomic E-state index is 9.75. The molecule has 1 aromatic rings. The van der Waals surface area contributed by atoms with Gasteiger partial charge in [-0.05, 0) is 56.2 Å². The summed E-state index contributed by atoms with van der Waals surface area (Å²) in [6.07, 6.45) is 4.64. The first-order chi connectivity index (χ1) is 10.1. The van der Waals surface area contributed by atoms with Crippen LogP contribution in [-0.4, -0.2) is 30.3 Å². The molecule has 1 aromatic carbocycles. The summed E-state index contributed by atoms with van der Waals surface area (Å²) in [5.41, 5.74) is 2.74. The van der Waals surface area contributed by atoms with Crippen LogP contribution in [-0.2, 0) is 6.54 Å². The number of anilines is 1. The fourth-order valence-corrected chi connectivity index (χ4v) is 3.49. The van der Waals surface area contributed by atoms with Crippen LogP contribution in [0.25, 0.3) is 0 Å². The van der Waals surface area contributed by atoms with Gasteiger partial charge in [-0.15, -0.1) is 0 Å². The molecule has 1 atom stereocenters. The molecule has 3 nitrogen and oxygen atoms in total. The molecular formula is C17H25BrN2O. The van der Waals surface area contributed by atoms with E-state index in [0.29, 0.717) is 5.92 Å².